The van der Waals surface area contributed by atoms with Crippen LogP contribution in [0.4, 0.5) is 0 Å². The highest BCUT2D eigenvalue weighted by molar-refractivity contribution is 5.13. The van der Waals surface area contributed by atoms with Crippen molar-refractivity contribution >= 4 is 0 Å². The van der Waals surface area contributed by atoms with Gasteiger partial charge in [-0.3, -0.25) is 0 Å². The van der Waals surface area contributed by atoms with Crippen molar-refractivity contribution in [1.82, 2.24) is 0 Å². The highest BCUT2D eigenvalue weighted by atomic mass is 16.6. The van der Waals surface area contributed by atoms with Crippen LogP contribution >= 0.6 is 0 Å². The van der Waals surface area contributed by atoms with Crippen LogP contribution in [0.5, 0.6) is 0 Å². The van der Waals surface area contributed by atoms with Crippen LogP contribution in [-0.4, -0.2) is 12.2 Å². The Bertz CT molecular complexity index is 237. The predicted octanol–water partition coefficient (Wildman–Crippen LogP) is 2.07. The Morgan fingerprint density at radius 2 is 2.00 bits per heavy atom. The van der Waals surface area contributed by atoms with Gasteiger partial charge in [-0.1, -0.05) is 6.92 Å². The standard InChI is InChI=1S/C11H16O/c1-5-2-6-3-7(5)8-4-9-11(12-9)10(6)8/h5-11H,2-4H2,1H3. The first-order valence-electron chi connectivity index (χ1n) is 5.50. The van der Waals surface area contributed by atoms with E-state index in [2.05, 4.69) is 6.92 Å². The average molecular weight is 164 g/mol. The van der Waals surface area contributed by atoms with Crippen LogP contribution in [0.1, 0.15) is 26.2 Å². The lowest BCUT2D eigenvalue weighted by Crippen LogP contribution is -2.26. The topological polar surface area (TPSA) is 12.5 Å². The largest absolute Gasteiger partial charge is 0.369 e. The molecule has 3 aliphatic carbocycles. The molecule has 4 fully saturated rings. The van der Waals surface area contributed by atoms with Crippen molar-refractivity contribution in [3.8, 4) is 0 Å². The quantitative estimate of drug-likeness (QED) is 0.499. The van der Waals surface area contributed by atoms with E-state index in [1.807, 2.05) is 0 Å². The second-order valence-corrected chi connectivity index (χ2v) is 5.49. The van der Waals surface area contributed by atoms with Crippen molar-refractivity contribution in [2.75, 3.05) is 0 Å². The molecule has 1 nitrogen and oxygen atoms in total. The molecule has 1 saturated heterocycles. The molecule has 0 aromatic carbocycles. The Hall–Kier alpha value is -0.0400. The van der Waals surface area contributed by atoms with Gasteiger partial charge in [-0.05, 0) is 48.9 Å². The molecule has 4 rings (SSSR count). The van der Waals surface area contributed by atoms with Crippen molar-refractivity contribution in [2.45, 2.75) is 38.4 Å². The summed E-state index contributed by atoms with van der Waals surface area (Å²) in [6.45, 7) is 2.46. The number of ether oxygens (including phenoxy) is 1. The molecule has 0 amide bonds. The molecule has 7 unspecified atom stereocenters. The Morgan fingerprint density at radius 1 is 1.08 bits per heavy atom. The molecular weight excluding hydrogens is 148 g/mol. The second-order valence-electron chi connectivity index (χ2n) is 5.49. The minimum Gasteiger partial charge on any atom is -0.369 e. The van der Waals surface area contributed by atoms with Crippen molar-refractivity contribution in [2.24, 2.45) is 29.6 Å². The average Bonchev–Trinajstić information content (AvgIpc) is 2.43. The zero-order chi connectivity index (χ0) is 7.87. The van der Waals surface area contributed by atoms with Gasteiger partial charge in [-0.25, -0.2) is 0 Å². The summed E-state index contributed by atoms with van der Waals surface area (Å²) in [5, 5.41) is 0. The van der Waals surface area contributed by atoms with Crippen LogP contribution < -0.4 is 0 Å². The first kappa shape index (κ1) is 6.42. The maximum absolute atomic E-state index is 5.65. The fraction of sp³-hybridized carbons (Fsp3) is 1.00. The summed E-state index contributed by atoms with van der Waals surface area (Å²) in [5.74, 6) is 5.29. The minimum absolute atomic E-state index is 0.718. The van der Waals surface area contributed by atoms with Crippen molar-refractivity contribution in [3.05, 3.63) is 0 Å². The summed E-state index contributed by atoms with van der Waals surface area (Å²) >= 11 is 0. The van der Waals surface area contributed by atoms with Gasteiger partial charge in [-0.15, -0.1) is 0 Å². The third kappa shape index (κ3) is 0.555. The van der Waals surface area contributed by atoms with E-state index in [9.17, 15) is 0 Å². The Morgan fingerprint density at radius 3 is 2.92 bits per heavy atom. The van der Waals surface area contributed by atoms with E-state index in [1.165, 1.54) is 12.8 Å². The minimum atomic E-state index is 0.718. The molecule has 2 bridgehead atoms. The molecule has 7 atom stereocenters. The summed E-state index contributed by atoms with van der Waals surface area (Å²) < 4.78 is 5.65. The zero-order valence-corrected chi connectivity index (χ0v) is 7.57. The predicted molar refractivity (Wildman–Crippen MR) is 45.6 cm³/mol. The van der Waals surface area contributed by atoms with Gasteiger partial charge >= 0.3 is 0 Å². The number of hydrogen-bond donors (Lipinski definition) is 0. The monoisotopic (exact) mass is 164 g/mol. The van der Waals surface area contributed by atoms with Gasteiger partial charge < -0.3 is 4.74 Å². The summed E-state index contributed by atoms with van der Waals surface area (Å²) in [6, 6.07) is 0. The number of epoxide rings is 1. The molecule has 0 radical (unpaired) electrons. The lowest BCUT2D eigenvalue weighted by molar-refractivity contribution is 0.119. The normalized spacial score (nSPS) is 71.2. The number of rotatable bonds is 0. The third-order valence-electron chi connectivity index (χ3n) is 5.07. The van der Waals surface area contributed by atoms with Gasteiger partial charge in [0.1, 0.15) is 0 Å². The molecule has 0 aromatic heterocycles. The molecule has 4 aliphatic rings. The molecule has 1 heteroatoms. The number of hydrogen-bond acceptors (Lipinski definition) is 1. The Kier molecular flexibility index (Phi) is 0.934. The van der Waals surface area contributed by atoms with E-state index in [4.69, 9.17) is 4.74 Å². The van der Waals surface area contributed by atoms with E-state index in [0.717, 1.165) is 41.8 Å². The number of fused-ring (bicyclic) bond motifs is 7. The smallest absolute Gasteiger partial charge is 0.0875 e. The van der Waals surface area contributed by atoms with Crippen LogP contribution in [0.15, 0.2) is 0 Å². The van der Waals surface area contributed by atoms with Crippen molar-refractivity contribution < 1.29 is 4.74 Å². The maximum atomic E-state index is 5.65. The molecule has 3 saturated carbocycles. The summed E-state index contributed by atoms with van der Waals surface area (Å²) in [4.78, 5) is 0. The lowest BCUT2D eigenvalue weighted by Gasteiger charge is -2.30. The summed E-state index contributed by atoms with van der Waals surface area (Å²) in [6.07, 6.45) is 5.93. The molecule has 12 heavy (non-hydrogen) atoms. The van der Waals surface area contributed by atoms with E-state index in [1.54, 1.807) is 6.42 Å². The third-order valence-corrected chi connectivity index (χ3v) is 5.07. The van der Waals surface area contributed by atoms with E-state index in [0.29, 0.717) is 0 Å². The summed E-state index contributed by atoms with van der Waals surface area (Å²) in [5.41, 5.74) is 0. The Balaban J connectivity index is 1.73. The van der Waals surface area contributed by atoms with Crippen molar-refractivity contribution in [1.29, 1.82) is 0 Å². The molecular formula is C11H16O. The van der Waals surface area contributed by atoms with Gasteiger partial charge in [0, 0.05) is 0 Å². The van der Waals surface area contributed by atoms with Crippen LogP contribution in [0.25, 0.3) is 0 Å². The zero-order valence-electron chi connectivity index (χ0n) is 7.57. The highest BCUT2D eigenvalue weighted by Gasteiger charge is 2.65. The van der Waals surface area contributed by atoms with Gasteiger partial charge in [0.15, 0.2) is 0 Å². The SMILES string of the molecule is CC1CC2CC1C1CC3OC3C21. The van der Waals surface area contributed by atoms with Crippen molar-refractivity contribution in [3.63, 3.8) is 0 Å². The maximum Gasteiger partial charge on any atom is 0.0875 e. The fourth-order valence-electron chi connectivity index (χ4n) is 4.67. The first-order valence-corrected chi connectivity index (χ1v) is 5.50. The summed E-state index contributed by atoms with van der Waals surface area (Å²) in [7, 11) is 0. The molecule has 0 N–H and O–H groups in total. The van der Waals surface area contributed by atoms with Crippen LogP contribution in [0.2, 0.25) is 0 Å². The van der Waals surface area contributed by atoms with Crippen LogP contribution in [0.3, 0.4) is 0 Å². The van der Waals surface area contributed by atoms with Gasteiger partial charge in [0.05, 0.1) is 12.2 Å². The molecule has 1 heterocycles. The molecule has 66 valence electrons. The van der Waals surface area contributed by atoms with Gasteiger partial charge in [0.25, 0.3) is 0 Å². The molecule has 0 aromatic rings. The van der Waals surface area contributed by atoms with Gasteiger partial charge in [-0.2, -0.15) is 0 Å². The van der Waals surface area contributed by atoms with E-state index in [-0.39, 0.29) is 0 Å². The lowest BCUT2D eigenvalue weighted by atomic mass is 9.76. The van der Waals surface area contributed by atoms with Crippen LogP contribution in [-0.2, 0) is 4.74 Å². The van der Waals surface area contributed by atoms with Crippen LogP contribution in [0, 0.1) is 29.6 Å². The first-order chi connectivity index (χ1) is 5.84. The highest BCUT2D eigenvalue weighted by Crippen LogP contribution is 2.65. The van der Waals surface area contributed by atoms with E-state index < -0.39 is 0 Å². The Labute approximate surface area is 73.5 Å². The fourth-order valence-corrected chi connectivity index (χ4v) is 4.67. The molecule has 0 spiro atoms. The molecule has 1 aliphatic heterocycles. The second kappa shape index (κ2) is 1.75. The van der Waals surface area contributed by atoms with E-state index >= 15 is 0 Å². The van der Waals surface area contributed by atoms with Gasteiger partial charge in [0.2, 0.25) is 0 Å².